The lowest BCUT2D eigenvalue weighted by Gasteiger charge is -2.36. The molecule has 0 aliphatic rings. The van der Waals surface area contributed by atoms with Crippen molar-refractivity contribution in [3.05, 3.63) is 130 Å². The van der Waals surface area contributed by atoms with Gasteiger partial charge in [-0.1, -0.05) is 114 Å². The van der Waals surface area contributed by atoms with Gasteiger partial charge < -0.3 is 5.11 Å². The van der Waals surface area contributed by atoms with Crippen LogP contribution in [-0.2, 0) is 18.0 Å². The molecule has 0 heterocycles. The molecule has 4 heteroatoms. The van der Waals surface area contributed by atoms with Crippen molar-refractivity contribution in [3.8, 4) is 5.75 Å². The van der Waals surface area contributed by atoms with E-state index in [4.69, 9.17) is 0 Å². The quantitative estimate of drug-likeness (QED) is 0.143. The van der Waals surface area contributed by atoms with Crippen molar-refractivity contribution in [1.29, 1.82) is 0 Å². The molecule has 0 fully saturated rings. The van der Waals surface area contributed by atoms with Crippen LogP contribution in [0.1, 0.15) is 73.8 Å². The molecule has 38 heavy (non-hydrogen) atoms. The second-order valence-electron chi connectivity index (χ2n) is 10.1. The average Bonchev–Trinajstić information content (AvgIpc) is 2.92. The number of halogens is 2. The van der Waals surface area contributed by atoms with Gasteiger partial charge in [0.15, 0.2) is 0 Å². The SMILES string of the molecule is CCCCCC(CC)(Pc1ccc(F)cc1F)c1cc(Cc2ccccc2)cc(Cc2ccccc2)c1O. The first kappa shape index (κ1) is 28.0. The highest BCUT2D eigenvalue weighted by atomic mass is 31.1. The molecule has 0 spiro atoms. The normalized spacial score (nSPS) is 13.2. The Morgan fingerprint density at radius 3 is 2.00 bits per heavy atom. The summed E-state index contributed by atoms with van der Waals surface area (Å²) in [5.41, 5.74) is 5.24. The summed E-state index contributed by atoms with van der Waals surface area (Å²) in [4.78, 5) is 0. The van der Waals surface area contributed by atoms with E-state index in [0.29, 0.717) is 17.5 Å². The van der Waals surface area contributed by atoms with Crippen LogP contribution < -0.4 is 5.30 Å². The third-order valence-electron chi connectivity index (χ3n) is 7.37. The Balaban J connectivity index is 1.85. The fourth-order valence-corrected chi connectivity index (χ4v) is 6.93. The molecular formula is C34H37F2OP. The first-order chi connectivity index (χ1) is 18.4. The Morgan fingerprint density at radius 2 is 1.39 bits per heavy atom. The molecular weight excluding hydrogens is 493 g/mol. The fraction of sp³-hybridized carbons (Fsp3) is 0.294. The van der Waals surface area contributed by atoms with Crippen LogP contribution in [0, 0.1) is 11.6 Å². The van der Waals surface area contributed by atoms with E-state index in [2.05, 4.69) is 50.2 Å². The monoisotopic (exact) mass is 530 g/mol. The number of phenols is 1. The molecule has 0 bridgehead atoms. The van der Waals surface area contributed by atoms with Gasteiger partial charge in [-0.25, -0.2) is 8.78 Å². The summed E-state index contributed by atoms with van der Waals surface area (Å²) in [5, 5.41) is 11.9. The maximum absolute atomic E-state index is 15.0. The van der Waals surface area contributed by atoms with Gasteiger partial charge >= 0.3 is 0 Å². The van der Waals surface area contributed by atoms with Crippen LogP contribution in [0.25, 0.3) is 0 Å². The van der Waals surface area contributed by atoms with Gasteiger partial charge in [0.25, 0.3) is 0 Å². The number of hydrogen-bond acceptors (Lipinski definition) is 1. The van der Waals surface area contributed by atoms with Gasteiger partial charge in [0.2, 0.25) is 0 Å². The fourth-order valence-electron chi connectivity index (χ4n) is 5.26. The predicted molar refractivity (Wildman–Crippen MR) is 157 cm³/mol. The maximum atomic E-state index is 15.0. The van der Waals surface area contributed by atoms with Crippen LogP contribution >= 0.6 is 8.58 Å². The van der Waals surface area contributed by atoms with Crippen LogP contribution in [0.4, 0.5) is 8.78 Å². The maximum Gasteiger partial charge on any atom is 0.133 e. The zero-order chi connectivity index (χ0) is 27.0. The summed E-state index contributed by atoms with van der Waals surface area (Å²) in [6, 6.07) is 28.7. The van der Waals surface area contributed by atoms with E-state index >= 15 is 0 Å². The standard InChI is InChI=1S/C34H37F2OP/c1-3-5-12-19-34(4-2,38-32-18-17-29(35)24-31(32)36)30-23-27(20-25-13-8-6-9-14-25)22-28(33(30)37)21-26-15-10-7-11-16-26/h6-11,13-18,22-24,37-38H,3-5,12,19-21H2,1-2H3. The third-order valence-corrected chi connectivity index (χ3v) is 9.39. The second kappa shape index (κ2) is 13.2. The molecule has 0 aromatic heterocycles. The summed E-state index contributed by atoms with van der Waals surface area (Å²) in [5.74, 6) is -0.776. The number of benzene rings is 4. The van der Waals surface area contributed by atoms with Gasteiger partial charge in [-0.2, -0.15) is 0 Å². The molecule has 4 aromatic rings. The van der Waals surface area contributed by atoms with E-state index in [1.165, 1.54) is 11.6 Å². The lowest BCUT2D eigenvalue weighted by atomic mass is 9.85. The average molecular weight is 531 g/mol. The van der Waals surface area contributed by atoms with Crippen molar-refractivity contribution >= 4 is 13.9 Å². The van der Waals surface area contributed by atoms with Crippen molar-refractivity contribution in [2.24, 2.45) is 0 Å². The third kappa shape index (κ3) is 6.88. The smallest absolute Gasteiger partial charge is 0.133 e. The van der Waals surface area contributed by atoms with Crippen LogP contribution in [0.2, 0.25) is 0 Å². The Labute approximate surface area is 227 Å². The minimum atomic E-state index is -0.568. The summed E-state index contributed by atoms with van der Waals surface area (Å²) < 4.78 is 28.7. The lowest BCUT2D eigenvalue weighted by molar-refractivity contribution is 0.432. The number of phenolic OH excluding ortho intramolecular Hbond substituents is 1. The zero-order valence-electron chi connectivity index (χ0n) is 22.3. The molecule has 4 aromatic carbocycles. The highest BCUT2D eigenvalue weighted by molar-refractivity contribution is 7.48. The molecule has 2 atom stereocenters. The Hall–Kier alpha value is -3.03. The van der Waals surface area contributed by atoms with Gasteiger partial charge in [-0.15, -0.1) is 0 Å². The van der Waals surface area contributed by atoms with Crippen LogP contribution in [0.15, 0.2) is 91.0 Å². The lowest BCUT2D eigenvalue weighted by Crippen LogP contribution is -2.25. The van der Waals surface area contributed by atoms with E-state index in [-0.39, 0.29) is 8.58 Å². The molecule has 198 valence electrons. The van der Waals surface area contributed by atoms with E-state index < -0.39 is 16.8 Å². The van der Waals surface area contributed by atoms with Crippen molar-refractivity contribution < 1.29 is 13.9 Å². The summed E-state index contributed by atoms with van der Waals surface area (Å²) in [6.45, 7) is 4.30. The van der Waals surface area contributed by atoms with E-state index in [9.17, 15) is 13.9 Å². The Morgan fingerprint density at radius 1 is 0.737 bits per heavy atom. The molecule has 2 unspecified atom stereocenters. The molecule has 0 saturated carbocycles. The first-order valence-electron chi connectivity index (χ1n) is 13.6. The van der Waals surface area contributed by atoms with Crippen molar-refractivity contribution in [1.82, 2.24) is 0 Å². The molecule has 0 saturated heterocycles. The number of aromatic hydroxyl groups is 1. The summed E-state index contributed by atoms with van der Waals surface area (Å²) >= 11 is 0. The van der Waals surface area contributed by atoms with Crippen molar-refractivity contribution in [2.45, 2.75) is 63.9 Å². The predicted octanol–water partition coefficient (Wildman–Crippen LogP) is 9.04. The minimum Gasteiger partial charge on any atom is -0.507 e. The Kier molecular flexibility index (Phi) is 9.69. The molecule has 0 aliphatic carbocycles. The van der Waals surface area contributed by atoms with E-state index in [0.717, 1.165) is 66.8 Å². The van der Waals surface area contributed by atoms with Crippen LogP contribution in [0.3, 0.4) is 0 Å². The summed E-state index contributed by atoms with van der Waals surface area (Å²) in [7, 11) is 0.0731. The number of hydrogen-bond donors (Lipinski definition) is 1. The molecule has 0 amide bonds. The van der Waals surface area contributed by atoms with E-state index in [1.807, 2.05) is 36.4 Å². The zero-order valence-corrected chi connectivity index (χ0v) is 23.3. The molecule has 1 nitrogen and oxygen atoms in total. The highest BCUT2D eigenvalue weighted by Crippen LogP contribution is 2.52. The van der Waals surface area contributed by atoms with Crippen LogP contribution in [-0.4, -0.2) is 5.11 Å². The summed E-state index contributed by atoms with van der Waals surface area (Å²) in [6.07, 6.45) is 6.08. The first-order valence-corrected chi connectivity index (χ1v) is 14.6. The van der Waals surface area contributed by atoms with E-state index in [1.54, 1.807) is 6.07 Å². The Bertz CT molecular complexity index is 1320. The molecule has 1 N–H and O–H groups in total. The highest BCUT2D eigenvalue weighted by Gasteiger charge is 2.35. The topological polar surface area (TPSA) is 20.2 Å². The largest absolute Gasteiger partial charge is 0.507 e. The number of unbranched alkanes of at least 4 members (excludes halogenated alkanes) is 2. The van der Waals surface area contributed by atoms with Gasteiger partial charge in [-0.3, -0.25) is 0 Å². The van der Waals surface area contributed by atoms with Gasteiger partial charge in [-0.05, 0) is 53.6 Å². The molecule has 0 aliphatic heterocycles. The van der Waals surface area contributed by atoms with Gasteiger partial charge in [0.1, 0.15) is 17.4 Å². The van der Waals surface area contributed by atoms with Crippen molar-refractivity contribution in [2.75, 3.05) is 0 Å². The van der Waals surface area contributed by atoms with Gasteiger partial charge in [0.05, 0.1) is 0 Å². The number of rotatable bonds is 12. The molecule has 4 rings (SSSR count). The second-order valence-corrected chi connectivity index (χ2v) is 11.9. The van der Waals surface area contributed by atoms with Gasteiger partial charge in [0, 0.05) is 28.5 Å². The molecule has 0 radical (unpaired) electrons. The minimum absolute atomic E-state index is 0.0731. The van der Waals surface area contributed by atoms with Crippen LogP contribution in [0.5, 0.6) is 5.75 Å². The van der Waals surface area contributed by atoms with Crippen molar-refractivity contribution in [3.63, 3.8) is 0 Å².